The molecule has 0 aliphatic rings. The highest BCUT2D eigenvalue weighted by Crippen LogP contribution is 1.92. The first-order valence-corrected chi connectivity index (χ1v) is 3.06. The van der Waals surface area contributed by atoms with Crippen molar-refractivity contribution in [2.75, 3.05) is 0 Å². The molecule has 0 rings (SSSR count). The molecule has 5 heteroatoms. The normalized spacial score (nSPS) is 12.8. The summed E-state index contributed by atoms with van der Waals surface area (Å²) in [5.41, 5.74) is 0. The molecule has 1 atom stereocenters. The molecule has 0 spiro atoms. The second-order valence-corrected chi connectivity index (χ2v) is 2.11. The summed E-state index contributed by atoms with van der Waals surface area (Å²) in [5.74, 6) is -2.67. The number of alkyl halides is 1. The first-order valence-electron chi connectivity index (χ1n) is 2.62. The molecule has 1 unspecified atom stereocenters. The van der Waals surface area contributed by atoms with Gasteiger partial charge in [0.1, 0.15) is 11.7 Å². The Morgan fingerprint density at radius 3 is 2.36 bits per heavy atom. The van der Waals surface area contributed by atoms with Gasteiger partial charge in [0.25, 0.3) is 5.78 Å². The van der Waals surface area contributed by atoms with E-state index in [0.29, 0.717) is 6.29 Å². The molecule has 0 amide bonds. The molecule has 0 saturated heterocycles. The van der Waals surface area contributed by atoms with E-state index in [0.717, 1.165) is 12.2 Å². The molecular weight excluding hydrogens is 172 g/mol. The maximum atomic E-state index is 10.3. The number of hydrogen-bond donors (Lipinski definition) is 1. The van der Waals surface area contributed by atoms with Gasteiger partial charge in [0.15, 0.2) is 0 Å². The van der Waals surface area contributed by atoms with Crippen LogP contribution in [0.3, 0.4) is 0 Å². The van der Waals surface area contributed by atoms with Crippen LogP contribution in [0.2, 0.25) is 0 Å². The highest BCUT2D eigenvalue weighted by atomic mass is 35.5. The molecule has 4 nitrogen and oxygen atoms in total. The van der Waals surface area contributed by atoms with Crippen LogP contribution in [0.15, 0.2) is 12.2 Å². The minimum absolute atomic E-state index is 0.382. The number of ketones is 1. The third-order valence-corrected chi connectivity index (χ3v) is 1.02. The van der Waals surface area contributed by atoms with Gasteiger partial charge in [-0.25, -0.2) is 4.79 Å². The highest BCUT2D eigenvalue weighted by Gasteiger charge is 2.06. The van der Waals surface area contributed by atoms with Crippen LogP contribution in [0.25, 0.3) is 0 Å². The SMILES string of the molecule is O=CC(Cl)C=CC(=O)C(=O)O. The predicted molar refractivity (Wildman–Crippen MR) is 37.5 cm³/mol. The van der Waals surface area contributed by atoms with Crippen molar-refractivity contribution in [3.63, 3.8) is 0 Å². The zero-order chi connectivity index (χ0) is 8.85. The maximum Gasteiger partial charge on any atom is 0.376 e. The van der Waals surface area contributed by atoms with E-state index in [9.17, 15) is 14.4 Å². The number of allylic oxidation sites excluding steroid dienone is 1. The lowest BCUT2D eigenvalue weighted by Crippen LogP contribution is -2.09. The van der Waals surface area contributed by atoms with Gasteiger partial charge in [-0.2, -0.15) is 0 Å². The van der Waals surface area contributed by atoms with Gasteiger partial charge in [0.2, 0.25) is 0 Å². The van der Waals surface area contributed by atoms with Gasteiger partial charge in [-0.15, -0.1) is 11.6 Å². The molecule has 1 N–H and O–H groups in total. The molecule has 0 aliphatic heterocycles. The van der Waals surface area contributed by atoms with E-state index in [-0.39, 0.29) is 0 Å². The van der Waals surface area contributed by atoms with Gasteiger partial charge >= 0.3 is 5.97 Å². The van der Waals surface area contributed by atoms with Crippen molar-refractivity contribution in [3.05, 3.63) is 12.2 Å². The summed E-state index contributed by atoms with van der Waals surface area (Å²) in [6, 6.07) is 0. The van der Waals surface area contributed by atoms with Crippen LogP contribution in [0.1, 0.15) is 0 Å². The lowest BCUT2D eigenvalue weighted by atomic mass is 10.3. The number of halogens is 1. The molecule has 0 fully saturated rings. The van der Waals surface area contributed by atoms with Crippen LogP contribution in [0.4, 0.5) is 0 Å². The Balaban J connectivity index is 4.03. The fraction of sp³-hybridized carbons (Fsp3) is 0.167. The molecule has 11 heavy (non-hydrogen) atoms. The first-order chi connectivity index (χ1) is 5.07. The third kappa shape index (κ3) is 4.27. The Morgan fingerprint density at radius 2 is 2.00 bits per heavy atom. The molecule has 60 valence electrons. The van der Waals surface area contributed by atoms with Crippen LogP contribution in [-0.4, -0.2) is 28.5 Å². The number of carbonyl (C=O) groups excluding carboxylic acids is 2. The van der Waals surface area contributed by atoms with E-state index in [1.54, 1.807) is 0 Å². The first kappa shape index (κ1) is 9.84. The lowest BCUT2D eigenvalue weighted by molar-refractivity contribution is -0.146. The fourth-order valence-electron chi connectivity index (χ4n) is 0.296. The summed E-state index contributed by atoms with van der Waals surface area (Å²) >= 11 is 5.21. The van der Waals surface area contributed by atoms with E-state index in [1.807, 2.05) is 0 Å². The van der Waals surface area contributed by atoms with E-state index in [4.69, 9.17) is 16.7 Å². The molecular formula is C6H5ClO4. The van der Waals surface area contributed by atoms with Crippen molar-refractivity contribution in [3.8, 4) is 0 Å². The summed E-state index contributed by atoms with van der Waals surface area (Å²) in [6.07, 6.45) is 2.13. The van der Waals surface area contributed by atoms with Crippen LogP contribution in [-0.2, 0) is 14.4 Å². The van der Waals surface area contributed by atoms with Gasteiger partial charge in [0.05, 0.1) is 0 Å². The minimum Gasteiger partial charge on any atom is -0.475 e. The Bertz CT molecular complexity index is 209. The predicted octanol–water partition coefficient (Wildman–Crippen LogP) is 0.00260. The summed E-state index contributed by atoms with van der Waals surface area (Å²) < 4.78 is 0. The van der Waals surface area contributed by atoms with Gasteiger partial charge in [-0.1, -0.05) is 6.08 Å². The Kier molecular flexibility index (Phi) is 4.14. The van der Waals surface area contributed by atoms with Crippen molar-refractivity contribution in [2.24, 2.45) is 0 Å². The minimum atomic E-state index is -1.57. The topological polar surface area (TPSA) is 71.4 Å². The van der Waals surface area contributed by atoms with Crippen LogP contribution in [0.5, 0.6) is 0 Å². The molecule has 0 heterocycles. The summed E-state index contributed by atoms with van der Waals surface area (Å²) in [6.45, 7) is 0. The van der Waals surface area contributed by atoms with E-state index in [2.05, 4.69) is 0 Å². The molecule has 0 bridgehead atoms. The van der Waals surface area contributed by atoms with Crippen molar-refractivity contribution >= 4 is 29.6 Å². The zero-order valence-electron chi connectivity index (χ0n) is 5.36. The number of carboxylic acid groups (broad SMARTS) is 1. The molecule has 0 aromatic heterocycles. The second-order valence-electron chi connectivity index (χ2n) is 1.61. The summed E-state index contributed by atoms with van der Waals surface area (Å²) in [5, 5.41) is 7.09. The van der Waals surface area contributed by atoms with Crippen molar-refractivity contribution in [2.45, 2.75) is 5.38 Å². The van der Waals surface area contributed by atoms with Gasteiger partial charge in [0, 0.05) is 0 Å². The second kappa shape index (κ2) is 4.62. The van der Waals surface area contributed by atoms with Gasteiger partial charge in [-0.3, -0.25) is 4.79 Å². The Hall–Kier alpha value is -1.16. The van der Waals surface area contributed by atoms with E-state index < -0.39 is 17.1 Å². The maximum absolute atomic E-state index is 10.3. The van der Waals surface area contributed by atoms with Crippen LogP contribution >= 0.6 is 11.6 Å². The quantitative estimate of drug-likeness (QED) is 0.283. The van der Waals surface area contributed by atoms with Crippen LogP contribution in [0, 0.1) is 0 Å². The number of aliphatic carboxylic acids is 1. The molecule has 0 aromatic rings. The number of rotatable bonds is 4. The van der Waals surface area contributed by atoms with Crippen molar-refractivity contribution in [1.82, 2.24) is 0 Å². The fourth-order valence-corrected chi connectivity index (χ4v) is 0.369. The van der Waals surface area contributed by atoms with E-state index in [1.165, 1.54) is 0 Å². The lowest BCUT2D eigenvalue weighted by Gasteiger charge is -1.87. The molecule has 0 saturated carbocycles. The van der Waals surface area contributed by atoms with Crippen molar-refractivity contribution < 1.29 is 19.5 Å². The number of carboxylic acids is 1. The third-order valence-electron chi connectivity index (χ3n) is 0.772. The Labute approximate surface area is 67.5 Å². The summed E-state index contributed by atoms with van der Waals surface area (Å²) in [7, 11) is 0. The standard InChI is InChI=1S/C6H5ClO4/c7-4(3-8)1-2-5(9)6(10)11/h1-4H,(H,10,11). The van der Waals surface area contributed by atoms with Gasteiger partial charge < -0.3 is 9.90 Å². The molecule has 0 aliphatic carbocycles. The smallest absolute Gasteiger partial charge is 0.376 e. The number of carbonyl (C=O) groups is 3. The summed E-state index contributed by atoms with van der Waals surface area (Å²) in [4.78, 5) is 30.0. The number of hydrogen-bond acceptors (Lipinski definition) is 3. The average Bonchev–Trinajstić information content (AvgIpc) is 1.99. The zero-order valence-corrected chi connectivity index (χ0v) is 6.12. The molecule has 0 aromatic carbocycles. The van der Waals surface area contributed by atoms with E-state index >= 15 is 0 Å². The molecule has 0 radical (unpaired) electrons. The monoisotopic (exact) mass is 176 g/mol. The Morgan fingerprint density at radius 1 is 1.45 bits per heavy atom. The van der Waals surface area contributed by atoms with Crippen LogP contribution < -0.4 is 0 Å². The average molecular weight is 177 g/mol. The highest BCUT2D eigenvalue weighted by molar-refractivity contribution is 6.38. The largest absolute Gasteiger partial charge is 0.475 e. The number of aldehydes is 1. The van der Waals surface area contributed by atoms with Gasteiger partial charge in [-0.05, 0) is 6.08 Å². The van der Waals surface area contributed by atoms with Crippen molar-refractivity contribution in [1.29, 1.82) is 0 Å².